The lowest BCUT2D eigenvalue weighted by Gasteiger charge is -2.39. The van der Waals surface area contributed by atoms with Crippen LogP contribution in [0, 0.1) is 0 Å². The van der Waals surface area contributed by atoms with Crippen LogP contribution < -0.4 is 11.1 Å². The third-order valence-corrected chi connectivity index (χ3v) is 4.28. The Balaban J connectivity index is 2.38. The van der Waals surface area contributed by atoms with Gasteiger partial charge in [-0.1, -0.05) is 37.3 Å². The minimum Gasteiger partial charge on any atom is -0.442 e. The van der Waals surface area contributed by atoms with Crippen LogP contribution >= 0.6 is 0 Å². The summed E-state index contributed by atoms with van der Waals surface area (Å²) in [4.78, 5) is 49.9. The van der Waals surface area contributed by atoms with Gasteiger partial charge in [-0.25, -0.2) is 9.59 Å². The molecule has 2 unspecified atom stereocenters. The number of imide groups is 2. The maximum Gasteiger partial charge on any atom is 0.404 e. The molecule has 1 aromatic carbocycles. The van der Waals surface area contributed by atoms with Crippen molar-refractivity contribution in [2.45, 2.75) is 24.9 Å². The van der Waals surface area contributed by atoms with Gasteiger partial charge in [-0.2, -0.15) is 0 Å². The number of benzene rings is 1. The van der Waals surface area contributed by atoms with E-state index < -0.39 is 35.5 Å². The third kappa shape index (κ3) is 3.52. The predicted molar refractivity (Wildman–Crippen MR) is 90.0 cm³/mol. The summed E-state index contributed by atoms with van der Waals surface area (Å²) >= 11 is 0. The van der Waals surface area contributed by atoms with Gasteiger partial charge in [-0.15, -0.1) is 0 Å². The zero-order valence-corrected chi connectivity index (χ0v) is 14.6. The Morgan fingerprint density at radius 3 is 2.46 bits per heavy atom. The van der Waals surface area contributed by atoms with Gasteiger partial charge in [0.05, 0.1) is 13.2 Å². The van der Waals surface area contributed by atoms with Gasteiger partial charge in [0.1, 0.15) is 6.10 Å². The maximum atomic E-state index is 13.2. The highest BCUT2D eigenvalue weighted by Gasteiger charge is 2.54. The molecular formula is C17H21N3O6. The van der Waals surface area contributed by atoms with Gasteiger partial charge in [0.25, 0.3) is 5.91 Å². The molecule has 1 fully saturated rings. The fourth-order valence-corrected chi connectivity index (χ4v) is 3.03. The Labute approximate surface area is 150 Å². The van der Waals surface area contributed by atoms with Crippen molar-refractivity contribution in [3.8, 4) is 0 Å². The average Bonchev–Trinajstić information content (AvgIpc) is 2.60. The maximum absolute atomic E-state index is 13.2. The van der Waals surface area contributed by atoms with E-state index in [0.717, 1.165) is 4.90 Å². The van der Waals surface area contributed by atoms with Gasteiger partial charge in [-0.3, -0.25) is 19.8 Å². The molecule has 0 saturated carbocycles. The van der Waals surface area contributed by atoms with Gasteiger partial charge in [0.15, 0.2) is 5.41 Å². The van der Waals surface area contributed by atoms with Crippen LogP contribution in [0.2, 0.25) is 0 Å². The number of hydrogen-bond acceptors (Lipinski definition) is 6. The van der Waals surface area contributed by atoms with Crippen molar-refractivity contribution in [1.29, 1.82) is 0 Å². The summed E-state index contributed by atoms with van der Waals surface area (Å²) in [7, 11) is 1.37. The zero-order valence-electron chi connectivity index (χ0n) is 14.6. The van der Waals surface area contributed by atoms with Gasteiger partial charge < -0.3 is 15.2 Å². The van der Waals surface area contributed by atoms with Crippen molar-refractivity contribution in [3.05, 3.63) is 35.9 Å². The molecule has 9 heteroatoms. The van der Waals surface area contributed by atoms with Gasteiger partial charge in [0.2, 0.25) is 5.91 Å². The van der Waals surface area contributed by atoms with Crippen LogP contribution in [0.5, 0.6) is 0 Å². The van der Waals surface area contributed by atoms with Crippen molar-refractivity contribution in [2.75, 3.05) is 20.3 Å². The van der Waals surface area contributed by atoms with E-state index >= 15 is 0 Å². The highest BCUT2D eigenvalue weighted by Crippen LogP contribution is 2.33. The Bertz CT molecular complexity index is 708. The van der Waals surface area contributed by atoms with Crippen LogP contribution in [0.1, 0.15) is 18.9 Å². The number of urea groups is 1. The molecule has 1 aliphatic heterocycles. The van der Waals surface area contributed by atoms with Crippen molar-refractivity contribution in [3.63, 3.8) is 0 Å². The SMILES string of the molecule is CCC1(c2ccccc2)C(=O)NC(=O)N(CC(COC)OC(N)=O)C1=O. The first-order valence-corrected chi connectivity index (χ1v) is 8.04. The molecule has 2 atom stereocenters. The quantitative estimate of drug-likeness (QED) is 0.680. The number of nitrogens with zero attached hydrogens (tertiary/aromatic N) is 1. The van der Waals surface area contributed by atoms with Crippen LogP contribution in [-0.4, -0.2) is 55.2 Å². The van der Waals surface area contributed by atoms with E-state index in [1.54, 1.807) is 37.3 Å². The average molecular weight is 363 g/mol. The topological polar surface area (TPSA) is 128 Å². The second kappa shape index (κ2) is 7.96. The fraction of sp³-hybridized carbons (Fsp3) is 0.412. The highest BCUT2D eigenvalue weighted by atomic mass is 16.6. The first-order chi connectivity index (χ1) is 12.4. The number of carbonyl (C=O) groups excluding carboxylic acids is 4. The molecule has 9 nitrogen and oxygen atoms in total. The lowest BCUT2D eigenvalue weighted by molar-refractivity contribution is -0.146. The van der Waals surface area contributed by atoms with E-state index in [1.165, 1.54) is 7.11 Å². The molecule has 0 bridgehead atoms. The number of amides is 5. The highest BCUT2D eigenvalue weighted by molar-refractivity contribution is 6.22. The lowest BCUT2D eigenvalue weighted by atomic mass is 9.74. The van der Waals surface area contributed by atoms with Gasteiger partial charge in [-0.05, 0) is 12.0 Å². The number of nitrogens with two attached hydrogens (primary N) is 1. The van der Waals surface area contributed by atoms with Gasteiger partial charge >= 0.3 is 12.1 Å². The van der Waals surface area contributed by atoms with Crippen LogP contribution in [0.15, 0.2) is 30.3 Å². The van der Waals surface area contributed by atoms with E-state index in [-0.39, 0.29) is 19.6 Å². The smallest absolute Gasteiger partial charge is 0.404 e. The molecule has 0 aromatic heterocycles. The molecule has 26 heavy (non-hydrogen) atoms. The number of methoxy groups -OCH3 is 1. The standard InChI is InChI=1S/C17H21N3O6/c1-3-17(11-7-5-4-6-8-11)13(21)19-16(24)20(14(17)22)9-12(10-25-2)26-15(18)23/h4-8,12H,3,9-10H2,1-2H3,(H2,18,23)(H,19,21,24). The summed E-state index contributed by atoms with van der Waals surface area (Å²) in [5.41, 5.74) is 3.95. The largest absolute Gasteiger partial charge is 0.442 e. The second-order valence-corrected chi connectivity index (χ2v) is 5.81. The van der Waals surface area contributed by atoms with Crippen molar-refractivity contribution in [1.82, 2.24) is 10.2 Å². The number of barbiturate groups is 1. The van der Waals surface area contributed by atoms with E-state index in [0.29, 0.717) is 5.56 Å². The zero-order chi connectivity index (χ0) is 19.3. The first-order valence-electron chi connectivity index (χ1n) is 8.04. The Hall–Kier alpha value is -2.94. The summed E-state index contributed by atoms with van der Waals surface area (Å²) in [6.45, 7) is 1.33. The van der Waals surface area contributed by atoms with Crippen LogP contribution in [-0.2, 0) is 24.5 Å². The normalized spacial score (nSPS) is 21.3. The van der Waals surface area contributed by atoms with Gasteiger partial charge in [0, 0.05) is 7.11 Å². The minimum absolute atomic E-state index is 0.0710. The molecule has 0 radical (unpaired) electrons. The molecule has 3 N–H and O–H groups in total. The molecule has 1 saturated heterocycles. The van der Waals surface area contributed by atoms with Crippen molar-refractivity contribution in [2.24, 2.45) is 5.73 Å². The molecular weight excluding hydrogens is 342 g/mol. The Morgan fingerprint density at radius 2 is 1.92 bits per heavy atom. The monoisotopic (exact) mass is 363 g/mol. The molecule has 5 amide bonds. The predicted octanol–water partition coefficient (Wildman–Crippen LogP) is 0.523. The summed E-state index contributed by atoms with van der Waals surface area (Å²) in [5.74, 6) is -1.37. The number of hydrogen-bond donors (Lipinski definition) is 2. The number of carbonyl (C=O) groups is 4. The molecule has 2 rings (SSSR count). The van der Waals surface area contributed by atoms with E-state index in [1.807, 2.05) is 0 Å². The van der Waals surface area contributed by atoms with Crippen LogP contribution in [0.25, 0.3) is 0 Å². The molecule has 0 spiro atoms. The minimum atomic E-state index is -1.54. The number of rotatable bonds is 7. The Kier molecular flexibility index (Phi) is 5.93. The van der Waals surface area contributed by atoms with Crippen molar-refractivity contribution < 1.29 is 28.7 Å². The number of ether oxygens (including phenoxy) is 2. The number of nitrogens with one attached hydrogen (secondary N) is 1. The second-order valence-electron chi connectivity index (χ2n) is 5.81. The molecule has 1 aliphatic rings. The molecule has 1 aromatic rings. The number of primary amides is 1. The molecule has 140 valence electrons. The third-order valence-electron chi connectivity index (χ3n) is 4.28. The van der Waals surface area contributed by atoms with E-state index in [9.17, 15) is 19.2 Å². The Morgan fingerprint density at radius 1 is 1.27 bits per heavy atom. The summed E-state index contributed by atoms with van der Waals surface area (Å²) < 4.78 is 9.81. The molecule has 0 aliphatic carbocycles. The first kappa shape index (κ1) is 19.4. The van der Waals surface area contributed by atoms with E-state index in [2.05, 4.69) is 5.32 Å². The summed E-state index contributed by atoms with van der Waals surface area (Å²) in [5, 5.41) is 2.22. The van der Waals surface area contributed by atoms with Crippen molar-refractivity contribution >= 4 is 23.9 Å². The van der Waals surface area contributed by atoms with E-state index in [4.69, 9.17) is 15.2 Å². The summed E-state index contributed by atoms with van der Waals surface area (Å²) in [6, 6.07) is 7.60. The lowest BCUT2D eigenvalue weighted by Crippen LogP contribution is -2.67. The summed E-state index contributed by atoms with van der Waals surface area (Å²) in [6.07, 6.45) is -1.86. The fourth-order valence-electron chi connectivity index (χ4n) is 3.03. The van der Waals surface area contributed by atoms with Crippen LogP contribution in [0.4, 0.5) is 9.59 Å². The molecule has 1 heterocycles. The van der Waals surface area contributed by atoms with Crippen LogP contribution in [0.3, 0.4) is 0 Å².